The third-order valence-corrected chi connectivity index (χ3v) is 3.96. The maximum absolute atomic E-state index is 9.88. The van der Waals surface area contributed by atoms with E-state index in [0.717, 1.165) is 18.4 Å². The second-order valence-corrected chi connectivity index (χ2v) is 5.40. The van der Waals surface area contributed by atoms with Crippen molar-refractivity contribution in [2.45, 2.75) is 32.7 Å². The first-order valence-electron chi connectivity index (χ1n) is 6.79. The molecule has 0 saturated heterocycles. The van der Waals surface area contributed by atoms with Gasteiger partial charge in [-0.15, -0.1) is 0 Å². The maximum atomic E-state index is 9.88. The third-order valence-electron chi connectivity index (χ3n) is 3.96. The summed E-state index contributed by atoms with van der Waals surface area (Å²) in [5.74, 6) is 0.433. The van der Waals surface area contributed by atoms with E-state index in [0.29, 0.717) is 11.8 Å². The summed E-state index contributed by atoms with van der Waals surface area (Å²) >= 11 is 0. The van der Waals surface area contributed by atoms with Gasteiger partial charge in [-0.2, -0.15) is 0 Å². The predicted molar refractivity (Wildman–Crippen MR) is 78.7 cm³/mol. The first-order chi connectivity index (χ1) is 9.15. The zero-order valence-corrected chi connectivity index (χ0v) is 11.4. The molecule has 19 heavy (non-hydrogen) atoms. The molecule has 0 radical (unpaired) electrons. The van der Waals surface area contributed by atoms with Crippen molar-refractivity contribution in [1.29, 1.82) is 0 Å². The highest BCUT2D eigenvalue weighted by atomic mass is 16.3. The van der Waals surface area contributed by atoms with Gasteiger partial charge in [0, 0.05) is 5.69 Å². The third kappa shape index (κ3) is 2.19. The summed E-state index contributed by atoms with van der Waals surface area (Å²) in [6, 6.07) is 12.6. The van der Waals surface area contributed by atoms with Gasteiger partial charge in [0.2, 0.25) is 0 Å². The average Bonchev–Trinajstić information content (AvgIpc) is 2.78. The molecule has 2 nitrogen and oxygen atoms in total. The van der Waals surface area contributed by atoms with E-state index in [2.05, 4.69) is 43.4 Å². The summed E-state index contributed by atoms with van der Waals surface area (Å²) in [5.41, 5.74) is 6.08. The second kappa shape index (κ2) is 4.61. The molecule has 0 spiro atoms. The molecule has 1 unspecified atom stereocenters. The number of anilines is 1. The van der Waals surface area contributed by atoms with E-state index in [1.807, 2.05) is 6.07 Å². The van der Waals surface area contributed by atoms with Gasteiger partial charge in [-0.05, 0) is 55.5 Å². The molecule has 2 heteroatoms. The minimum absolute atomic E-state index is 0.309. The molecule has 3 rings (SSSR count). The zero-order chi connectivity index (χ0) is 13.4. The summed E-state index contributed by atoms with van der Waals surface area (Å²) in [4.78, 5) is 0. The fraction of sp³-hybridized carbons (Fsp3) is 0.294. The van der Waals surface area contributed by atoms with Crippen molar-refractivity contribution in [1.82, 2.24) is 0 Å². The Morgan fingerprint density at radius 3 is 2.79 bits per heavy atom. The van der Waals surface area contributed by atoms with Crippen LogP contribution in [0.15, 0.2) is 36.4 Å². The van der Waals surface area contributed by atoms with E-state index in [9.17, 15) is 5.11 Å². The molecule has 1 atom stereocenters. The lowest BCUT2D eigenvalue weighted by Crippen LogP contribution is -2.08. The van der Waals surface area contributed by atoms with Gasteiger partial charge in [0.05, 0.1) is 6.04 Å². The Bertz CT molecular complexity index is 619. The lowest BCUT2D eigenvalue weighted by Gasteiger charge is -2.18. The molecule has 0 heterocycles. The number of hydrogen-bond donors (Lipinski definition) is 2. The maximum Gasteiger partial charge on any atom is 0.119 e. The summed E-state index contributed by atoms with van der Waals surface area (Å²) in [6.45, 7) is 4.24. The van der Waals surface area contributed by atoms with Crippen LogP contribution in [0.4, 0.5) is 5.69 Å². The molecular formula is C17H19NO. The van der Waals surface area contributed by atoms with Crippen molar-refractivity contribution in [3.05, 3.63) is 58.7 Å². The van der Waals surface area contributed by atoms with Crippen molar-refractivity contribution in [2.24, 2.45) is 0 Å². The van der Waals surface area contributed by atoms with Crippen molar-refractivity contribution in [3.8, 4) is 5.75 Å². The Hall–Kier alpha value is -1.96. The topological polar surface area (TPSA) is 32.3 Å². The number of aromatic hydroxyl groups is 1. The van der Waals surface area contributed by atoms with Gasteiger partial charge < -0.3 is 10.4 Å². The molecule has 0 amide bonds. The van der Waals surface area contributed by atoms with E-state index >= 15 is 0 Å². The fourth-order valence-electron chi connectivity index (χ4n) is 2.95. The first-order valence-corrected chi connectivity index (χ1v) is 6.79. The highest BCUT2D eigenvalue weighted by molar-refractivity contribution is 5.55. The Morgan fingerprint density at radius 1 is 1.16 bits per heavy atom. The fourth-order valence-corrected chi connectivity index (χ4v) is 2.95. The quantitative estimate of drug-likeness (QED) is 0.844. The molecule has 1 aliphatic rings. The molecular weight excluding hydrogens is 234 g/mol. The Labute approximate surface area is 114 Å². The van der Waals surface area contributed by atoms with Gasteiger partial charge in [-0.1, -0.05) is 29.8 Å². The van der Waals surface area contributed by atoms with Gasteiger partial charge >= 0.3 is 0 Å². The number of phenols is 1. The van der Waals surface area contributed by atoms with E-state index < -0.39 is 0 Å². The van der Waals surface area contributed by atoms with Crippen LogP contribution < -0.4 is 5.32 Å². The SMILES string of the molecule is Cc1ccc(NC2CCc3c(O)cccc32)c(C)c1. The Morgan fingerprint density at radius 2 is 2.00 bits per heavy atom. The summed E-state index contributed by atoms with van der Waals surface area (Å²) in [7, 11) is 0. The van der Waals surface area contributed by atoms with Crippen LogP contribution in [-0.2, 0) is 6.42 Å². The van der Waals surface area contributed by atoms with E-state index in [1.54, 1.807) is 6.07 Å². The summed E-state index contributed by atoms with van der Waals surface area (Å²) in [5, 5.41) is 13.5. The lowest BCUT2D eigenvalue weighted by atomic mass is 10.1. The molecule has 2 aromatic carbocycles. The molecule has 98 valence electrons. The van der Waals surface area contributed by atoms with Crippen LogP contribution in [0.2, 0.25) is 0 Å². The summed E-state index contributed by atoms with van der Waals surface area (Å²) in [6.07, 6.45) is 1.99. The second-order valence-electron chi connectivity index (χ2n) is 5.40. The van der Waals surface area contributed by atoms with Crippen molar-refractivity contribution in [3.63, 3.8) is 0 Å². The molecule has 1 aliphatic carbocycles. The van der Waals surface area contributed by atoms with Crippen molar-refractivity contribution >= 4 is 5.69 Å². The average molecular weight is 253 g/mol. The Balaban J connectivity index is 1.89. The van der Waals surface area contributed by atoms with Gasteiger partial charge in [0.15, 0.2) is 0 Å². The highest BCUT2D eigenvalue weighted by Crippen LogP contribution is 2.38. The number of hydrogen-bond acceptors (Lipinski definition) is 2. The highest BCUT2D eigenvalue weighted by Gasteiger charge is 2.24. The molecule has 0 aromatic heterocycles. The minimum atomic E-state index is 0.309. The van der Waals surface area contributed by atoms with Crippen LogP contribution in [0.3, 0.4) is 0 Å². The molecule has 0 aliphatic heterocycles. The van der Waals surface area contributed by atoms with Crippen LogP contribution in [0, 0.1) is 13.8 Å². The van der Waals surface area contributed by atoms with Crippen LogP contribution >= 0.6 is 0 Å². The number of rotatable bonds is 2. The normalized spacial score (nSPS) is 17.3. The predicted octanol–water partition coefficient (Wildman–Crippen LogP) is 4.11. The van der Waals surface area contributed by atoms with Crippen molar-refractivity contribution in [2.75, 3.05) is 5.32 Å². The molecule has 2 N–H and O–H groups in total. The van der Waals surface area contributed by atoms with Gasteiger partial charge in [0.1, 0.15) is 5.75 Å². The van der Waals surface area contributed by atoms with Gasteiger partial charge in [0.25, 0.3) is 0 Å². The minimum Gasteiger partial charge on any atom is -0.508 e. The molecule has 2 aromatic rings. The number of benzene rings is 2. The smallest absolute Gasteiger partial charge is 0.119 e. The number of aryl methyl sites for hydroxylation is 2. The van der Waals surface area contributed by atoms with E-state index in [4.69, 9.17) is 0 Å². The Kier molecular flexibility index (Phi) is 2.94. The number of fused-ring (bicyclic) bond motifs is 1. The van der Waals surface area contributed by atoms with Crippen molar-refractivity contribution < 1.29 is 5.11 Å². The summed E-state index contributed by atoms with van der Waals surface area (Å²) < 4.78 is 0. The molecule has 0 fully saturated rings. The first kappa shape index (κ1) is 12.1. The zero-order valence-electron chi connectivity index (χ0n) is 11.4. The number of nitrogens with one attached hydrogen (secondary N) is 1. The van der Waals surface area contributed by atoms with Crippen LogP contribution in [0.5, 0.6) is 5.75 Å². The van der Waals surface area contributed by atoms with Gasteiger partial charge in [-0.25, -0.2) is 0 Å². The molecule has 0 saturated carbocycles. The largest absolute Gasteiger partial charge is 0.508 e. The standard InChI is InChI=1S/C17H19NO/c1-11-6-8-15(12(2)10-11)18-16-9-7-14-13(16)4-3-5-17(14)19/h3-6,8,10,16,18-19H,7,9H2,1-2H3. The molecule has 0 bridgehead atoms. The van der Waals surface area contributed by atoms with Crippen LogP contribution in [0.25, 0.3) is 0 Å². The van der Waals surface area contributed by atoms with Crippen LogP contribution in [-0.4, -0.2) is 5.11 Å². The number of phenolic OH excluding ortho intramolecular Hbond substituents is 1. The lowest BCUT2D eigenvalue weighted by molar-refractivity contribution is 0.469. The van der Waals surface area contributed by atoms with E-state index in [-0.39, 0.29) is 0 Å². The monoisotopic (exact) mass is 253 g/mol. The van der Waals surface area contributed by atoms with Gasteiger partial charge in [-0.3, -0.25) is 0 Å². The van der Waals surface area contributed by atoms with Crippen LogP contribution in [0.1, 0.15) is 34.7 Å². The van der Waals surface area contributed by atoms with E-state index in [1.165, 1.54) is 22.4 Å².